The fourth-order valence-electron chi connectivity index (χ4n) is 2.35. The Kier molecular flexibility index (Phi) is 3.88. The van der Waals surface area contributed by atoms with Gasteiger partial charge in [-0.1, -0.05) is 35.5 Å². The molecule has 4 nitrogen and oxygen atoms in total. The van der Waals surface area contributed by atoms with Crippen LogP contribution in [0, 0.1) is 6.92 Å². The van der Waals surface area contributed by atoms with Crippen molar-refractivity contribution in [2.45, 2.75) is 20.0 Å². The predicted octanol–water partition coefficient (Wildman–Crippen LogP) is 3.25. The summed E-state index contributed by atoms with van der Waals surface area (Å²) in [5.74, 6) is 0.790. The van der Waals surface area contributed by atoms with Crippen LogP contribution in [0.4, 0.5) is 0 Å². The van der Waals surface area contributed by atoms with Gasteiger partial charge in [-0.25, -0.2) is 0 Å². The highest BCUT2D eigenvalue weighted by atomic mass is 16.5. The summed E-state index contributed by atoms with van der Waals surface area (Å²) in [6.45, 7) is 2.54. The molecule has 1 N–H and O–H groups in total. The van der Waals surface area contributed by atoms with Gasteiger partial charge >= 0.3 is 0 Å². The van der Waals surface area contributed by atoms with Gasteiger partial charge in [0.1, 0.15) is 12.4 Å². The third kappa shape index (κ3) is 2.76. The summed E-state index contributed by atoms with van der Waals surface area (Å²) >= 11 is 0. The molecule has 0 bridgehead atoms. The maximum atomic E-state index is 9.03. The number of rotatable bonds is 5. The van der Waals surface area contributed by atoms with Crippen molar-refractivity contribution in [2.75, 3.05) is 6.61 Å². The zero-order valence-electron chi connectivity index (χ0n) is 11.9. The lowest BCUT2D eigenvalue weighted by molar-refractivity contribution is 0.295. The molecule has 1 heterocycles. The first-order chi connectivity index (χ1) is 10.3. The summed E-state index contributed by atoms with van der Waals surface area (Å²) in [6, 6.07) is 13.9. The number of ether oxygens (including phenoxy) is 1. The van der Waals surface area contributed by atoms with Crippen molar-refractivity contribution in [3.05, 3.63) is 59.3 Å². The number of fused-ring (bicyclic) bond motifs is 1. The van der Waals surface area contributed by atoms with Gasteiger partial charge in [-0.15, -0.1) is 0 Å². The smallest absolute Gasteiger partial charge is 0.173 e. The molecule has 0 amide bonds. The fraction of sp³-hybridized carbons (Fsp3) is 0.235. The third-order valence-electron chi connectivity index (χ3n) is 3.50. The average molecular weight is 283 g/mol. The largest absolute Gasteiger partial charge is 0.488 e. The molecule has 3 rings (SSSR count). The zero-order chi connectivity index (χ0) is 14.7. The molecule has 0 saturated heterocycles. The van der Waals surface area contributed by atoms with Crippen LogP contribution in [0.2, 0.25) is 0 Å². The maximum absolute atomic E-state index is 9.03. The Hall–Kier alpha value is -2.33. The summed E-state index contributed by atoms with van der Waals surface area (Å²) < 4.78 is 11.2. The molecular formula is C17H17NO3. The molecule has 1 aromatic heterocycles. The second kappa shape index (κ2) is 5.97. The summed E-state index contributed by atoms with van der Waals surface area (Å²) in [5, 5.41) is 14.0. The summed E-state index contributed by atoms with van der Waals surface area (Å²) in [7, 11) is 0. The number of hydrogen-bond acceptors (Lipinski definition) is 4. The van der Waals surface area contributed by atoms with Crippen LogP contribution >= 0.6 is 0 Å². The Morgan fingerprint density at radius 2 is 1.95 bits per heavy atom. The predicted molar refractivity (Wildman–Crippen MR) is 80.3 cm³/mol. The monoisotopic (exact) mass is 283 g/mol. The molecular weight excluding hydrogens is 266 g/mol. The van der Waals surface area contributed by atoms with Gasteiger partial charge in [0.2, 0.25) is 0 Å². The minimum atomic E-state index is 0.0624. The molecule has 0 unspecified atom stereocenters. The van der Waals surface area contributed by atoms with Crippen LogP contribution in [-0.4, -0.2) is 16.9 Å². The van der Waals surface area contributed by atoms with Crippen LogP contribution in [0.15, 0.2) is 47.0 Å². The highest BCUT2D eigenvalue weighted by Crippen LogP contribution is 2.30. The van der Waals surface area contributed by atoms with Crippen molar-refractivity contribution < 1.29 is 14.4 Å². The van der Waals surface area contributed by atoms with E-state index >= 15 is 0 Å². The normalized spacial score (nSPS) is 11.0. The van der Waals surface area contributed by atoms with Gasteiger partial charge < -0.3 is 14.4 Å². The number of hydrogen-bond donors (Lipinski definition) is 1. The van der Waals surface area contributed by atoms with E-state index in [1.807, 2.05) is 49.4 Å². The maximum Gasteiger partial charge on any atom is 0.173 e. The molecule has 21 heavy (non-hydrogen) atoms. The Labute approximate surface area is 123 Å². The van der Waals surface area contributed by atoms with E-state index in [1.165, 1.54) is 0 Å². The van der Waals surface area contributed by atoms with Crippen molar-refractivity contribution in [1.82, 2.24) is 5.16 Å². The third-order valence-corrected chi connectivity index (χ3v) is 3.50. The topological polar surface area (TPSA) is 55.5 Å². The van der Waals surface area contributed by atoms with Gasteiger partial charge in [-0.3, -0.25) is 0 Å². The SMILES string of the molecule is Cc1c(OCc2ccccc2)ccc2c(CCO)noc12. The number of aromatic nitrogens is 1. The lowest BCUT2D eigenvalue weighted by Crippen LogP contribution is -1.97. The average Bonchev–Trinajstić information content (AvgIpc) is 2.92. The second-order valence-corrected chi connectivity index (χ2v) is 4.94. The standard InChI is InChI=1S/C17H17NO3/c1-12-16(20-11-13-5-3-2-4-6-13)8-7-14-15(9-10-19)18-21-17(12)14/h2-8,19H,9-11H2,1H3. The van der Waals surface area contributed by atoms with Crippen LogP contribution in [0.3, 0.4) is 0 Å². The highest BCUT2D eigenvalue weighted by molar-refractivity contribution is 5.84. The summed E-state index contributed by atoms with van der Waals surface area (Å²) in [4.78, 5) is 0. The molecule has 0 saturated carbocycles. The first-order valence-corrected chi connectivity index (χ1v) is 6.95. The van der Waals surface area contributed by atoms with Crippen LogP contribution in [-0.2, 0) is 13.0 Å². The number of aryl methyl sites for hydroxylation is 1. The molecule has 0 atom stereocenters. The van der Waals surface area contributed by atoms with Crippen LogP contribution in [0.25, 0.3) is 11.0 Å². The van der Waals surface area contributed by atoms with E-state index in [2.05, 4.69) is 5.16 Å². The first-order valence-electron chi connectivity index (χ1n) is 6.95. The molecule has 0 aliphatic rings. The minimum Gasteiger partial charge on any atom is -0.488 e. The fourth-order valence-corrected chi connectivity index (χ4v) is 2.35. The van der Waals surface area contributed by atoms with Crippen molar-refractivity contribution in [3.63, 3.8) is 0 Å². The van der Waals surface area contributed by atoms with E-state index in [9.17, 15) is 0 Å². The van der Waals surface area contributed by atoms with E-state index < -0.39 is 0 Å². The zero-order valence-corrected chi connectivity index (χ0v) is 11.9. The van der Waals surface area contributed by atoms with E-state index in [4.69, 9.17) is 14.4 Å². The molecule has 0 aliphatic carbocycles. The van der Waals surface area contributed by atoms with Crippen LogP contribution < -0.4 is 4.74 Å². The van der Waals surface area contributed by atoms with Crippen molar-refractivity contribution in [2.24, 2.45) is 0 Å². The number of aliphatic hydroxyl groups excluding tert-OH is 1. The quantitative estimate of drug-likeness (QED) is 0.781. The molecule has 3 aromatic rings. The second-order valence-electron chi connectivity index (χ2n) is 4.94. The highest BCUT2D eigenvalue weighted by Gasteiger charge is 2.13. The van der Waals surface area contributed by atoms with E-state index in [0.717, 1.165) is 33.5 Å². The van der Waals surface area contributed by atoms with Crippen molar-refractivity contribution >= 4 is 11.0 Å². The van der Waals surface area contributed by atoms with E-state index in [0.29, 0.717) is 13.0 Å². The summed E-state index contributed by atoms with van der Waals surface area (Å²) in [5.41, 5.74) is 3.56. The van der Waals surface area contributed by atoms with Gasteiger partial charge in [0.05, 0.1) is 5.69 Å². The number of nitrogens with zero attached hydrogens (tertiary/aromatic N) is 1. The molecule has 0 spiro atoms. The molecule has 0 fully saturated rings. The van der Waals surface area contributed by atoms with Crippen molar-refractivity contribution in [1.29, 1.82) is 0 Å². The molecule has 4 heteroatoms. The van der Waals surface area contributed by atoms with Crippen LogP contribution in [0.5, 0.6) is 5.75 Å². The Balaban J connectivity index is 1.85. The Morgan fingerprint density at radius 1 is 1.14 bits per heavy atom. The first kappa shape index (κ1) is 13.6. The van der Waals surface area contributed by atoms with Gasteiger partial charge in [0.25, 0.3) is 0 Å². The number of benzene rings is 2. The minimum absolute atomic E-state index is 0.0624. The molecule has 2 aromatic carbocycles. The molecule has 108 valence electrons. The van der Waals surface area contributed by atoms with Gasteiger partial charge in [-0.05, 0) is 24.6 Å². The van der Waals surface area contributed by atoms with Gasteiger partial charge in [-0.2, -0.15) is 0 Å². The van der Waals surface area contributed by atoms with Gasteiger partial charge in [0.15, 0.2) is 5.58 Å². The molecule has 0 aliphatic heterocycles. The van der Waals surface area contributed by atoms with E-state index in [-0.39, 0.29) is 6.61 Å². The van der Waals surface area contributed by atoms with Gasteiger partial charge in [0, 0.05) is 24.0 Å². The van der Waals surface area contributed by atoms with Crippen LogP contribution in [0.1, 0.15) is 16.8 Å². The molecule has 0 radical (unpaired) electrons. The van der Waals surface area contributed by atoms with E-state index in [1.54, 1.807) is 0 Å². The number of aliphatic hydroxyl groups is 1. The Bertz CT molecular complexity index is 734. The lowest BCUT2D eigenvalue weighted by Gasteiger charge is -2.09. The lowest BCUT2D eigenvalue weighted by atomic mass is 10.1. The Morgan fingerprint density at radius 3 is 2.71 bits per heavy atom. The van der Waals surface area contributed by atoms with Crippen molar-refractivity contribution in [3.8, 4) is 5.75 Å². The summed E-state index contributed by atoms with van der Waals surface area (Å²) in [6.07, 6.45) is 0.497.